The summed E-state index contributed by atoms with van der Waals surface area (Å²) in [6.07, 6.45) is 13.9. The molecular weight excluding hydrogens is 389 g/mol. The number of halogens is 3. The van der Waals surface area contributed by atoms with E-state index in [0.29, 0.717) is 18.4 Å². The highest BCUT2D eigenvalue weighted by atomic mass is 19.2. The Morgan fingerprint density at radius 2 is 1.23 bits per heavy atom. The fourth-order valence-corrected chi connectivity index (χ4v) is 4.07. The zero-order valence-electron chi connectivity index (χ0n) is 19.4. The van der Waals surface area contributed by atoms with Crippen LogP contribution in [0.5, 0.6) is 0 Å². The lowest BCUT2D eigenvalue weighted by molar-refractivity contribution is -0.230. The summed E-state index contributed by atoms with van der Waals surface area (Å²) >= 11 is 0. The third-order valence-corrected chi connectivity index (χ3v) is 6.30. The van der Waals surface area contributed by atoms with Crippen molar-refractivity contribution < 1.29 is 22.6 Å². The van der Waals surface area contributed by atoms with E-state index in [2.05, 4.69) is 6.92 Å². The van der Waals surface area contributed by atoms with Gasteiger partial charge in [-0.2, -0.15) is 0 Å². The molecule has 2 nitrogen and oxygen atoms in total. The second-order valence-corrected chi connectivity index (χ2v) is 8.49. The fraction of sp³-hybridized carbons (Fsp3) is 0.760. The molecule has 0 heterocycles. The molecule has 1 aromatic carbocycles. The minimum atomic E-state index is -1.13. The van der Waals surface area contributed by atoms with E-state index in [4.69, 9.17) is 9.47 Å². The number of benzene rings is 1. The van der Waals surface area contributed by atoms with Crippen molar-refractivity contribution in [1.82, 2.24) is 0 Å². The highest BCUT2D eigenvalue weighted by molar-refractivity contribution is 5.20. The first-order valence-electron chi connectivity index (χ1n) is 11.6. The van der Waals surface area contributed by atoms with E-state index in [0.717, 1.165) is 44.6 Å². The summed E-state index contributed by atoms with van der Waals surface area (Å²) < 4.78 is 51.4. The van der Waals surface area contributed by atoms with Crippen LogP contribution in [0.25, 0.3) is 0 Å². The number of methoxy groups -OCH3 is 2. The number of unbranched alkanes of at least 4 members (excludes halogenated alkanes) is 8. The topological polar surface area (TPSA) is 18.5 Å². The van der Waals surface area contributed by atoms with Crippen LogP contribution in [0, 0.1) is 23.4 Å². The Morgan fingerprint density at radius 1 is 0.733 bits per heavy atom. The predicted molar refractivity (Wildman–Crippen MR) is 117 cm³/mol. The average Bonchev–Trinajstić information content (AvgIpc) is 2.74. The van der Waals surface area contributed by atoms with Gasteiger partial charge in [-0.25, -0.2) is 13.2 Å². The SMILES string of the molecule is CCCCCCCCC(CCCCCCc1cc(F)c(F)cc1F)C(C)(OC)OC. The van der Waals surface area contributed by atoms with E-state index in [1.165, 1.54) is 38.5 Å². The molecule has 0 aromatic heterocycles. The second kappa shape index (κ2) is 14.9. The summed E-state index contributed by atoms with van der Waals surface area (Å²) in [6.45, 7) is 4.24. The second-order valence-electron chi connectivity index (χ2n) is 8.49. The molecular formula is C25H41F3O2. The van der Waals surface area contributed by atoms with Crippen molar-refractivity contribution in [3.05, 3.63) is 35.1 Å². The zero-order valence-corrected chi connectivity index (χ0v) is 19.4. The lowest BCUT2D eigenvalue weighted by Crippen LogP contribution is -2.39. The Labute approximate surface area is 181 Å². The summed E-state index contributed by atoms with van der Waals surface area (Å²) in [5.41, 5.74) is 0.251. The summed E-state index contributed by atoms with van der Waals surface area (Å²) in [5.74, 6) is -3.02. The third-order valence-electron chi connectivity index (χ3n) is 6.30. The zero-order chi connectivity index (χ0) is 22.4. The van der Waals surface area contributed by atoms with E-state index in [-0.39, 0.29) is 5.56 Å². The molecule has 5 heteroatoms. The lowest BCUT2D eigenvalue weighted by atomic mass is 9.87. The smallest absolute Gasteiger partial charge is 0.167 e. The first kappa shape index (κ1) is 27.0. The van der Waals surface area contributed by atoms with Crippen LogP contribution in [0.4, 0.5) is 13.2 Å². The summed E-state index contributed by atoms with van der Waals surface area (Å²) in [4.78, 5) is 0. The van der Waals surface area contributed by atoms with Crippen LogP contribution in [0.15, 0.2) is 12.1 Å². The summed E-state index contributed by atoms with van der Waals surface area (Å²) in [7, 11) is 3.40. The molecule has 0 saturated carbocycles. The molecule has 0 saturated heterocycles. The molecule has 0 spiro atoms. The number of aryl methyl sites for hydroxylation is 1. The van der Waals surface area contributed by atoms with Gasteiger partial charge in [0.2, 0.25) is 0 Å². The fourth-order valence-electron chi connectivity index (χ4n) is 4.07. The molecule has 0 aliphatic rings. The number of rotatable bonds is 17. The van der Waals surface area contributed by atoms with Gasteiger partial charge in [0.25, 0.3) is 0 Å². The minimum Gasteiger partial charge on any atom is -0.353 e. The number of ether oxygens (including phenoxy) is 2. The van der Waals surface area contributed by atoms with Crippen molar-refractivity contribution in [1.29, 1.82) is 0 Å². The first-order valence-corrected chi connectivity index (χ1v) is 11.6. The Kier molecular flexibility index (Phi) is 13.3. The third kappa shape index (κ3) is 9.38. The van der Waals surface area contributed by atoms with Gasteiger partial charge in [0, 0.05) is 26.2 Å². The van der Waals surface area contributed by atoms with Gasteiger partial charge in [-0.05, 0) is 44.2 Å². The number of hydrogen-bond acceptors (Lipinski definition) is 2. The summed E-state index contributed by atoms with van der Waals surface area (Å²) in [6, 6.07) is 1.61. The van der Waals surface area contributed by atoms with E-state index in [9.17, 15) is 13.2 Å². The molecule has 1 rings (SSSR count). The van der Waals surface area contributed by atoms with Crippen LogP contribution >= 0.6 is 0 Å². The van der Waals surface area contributed by atoms with Crippen LogP contribution in [0.1, 0.15) is 96.5 Å². The number of hydrogen-bond donors (Lipinski definition) is 0. The molecule has 0 radical (unpaired) electrons. The Balaban J connectivity index is 2.37. The monoisotopic (exact) mass is 430 g/mol. The molecule has 0 aliphatic heterocycles. The summed E-state index contributed by atoms with van der Waals surface area (Å²) in [5, 5.41) is 0. The maximum atomic E-state index is 13.7. The highest BCUT2D eigenvalue weighted by Crippen LogP contribution is 2.32. The minimum absolute atomic E-state index is 0.251. The van der Waals surface area contributed by atoms with Gasteiger partial charge in [-0.15, -0.1) is 0 Å². The predicted octanol–water partition coefficient (Wildman–Crippen LogP) is 7.97. The molecule has 0 amide bonds. The van der Waals surface area contributed by atoms with Crippen molar-refractivity contribution in [3.8, 4) is 0 Å². The van der Waals surface area contributed by atoms with Crippen molar-refractivity contribution in [2.24, 2.45) is 5.92 Å². The van der Waals surface area contributed by atoms with Crippen molar-refractivity contribution in [2.75, 3.05) is 14.2 Å². The molecule has 0 N–H and O–H groups in total. The van der Waals surface area contributed by atoms with Gasteiger partial charge in [-0.3, -0.25) is 0 Å². The van der Waals surface area contributed by atoms with Gasteiger partial charge in [0.1, 0.15) is 5.82 Å². The maximum absolute atomic E-state index is 13.7. The van der Waals surface area contributed by atoms with Crippen LogP contribution in [0.3, 0.4) is 0 Å². The Bertz CT molecular complexity index is 588. The van der Waals surface area contributed by atoms with E-state index < -0.39 is 23.2 Å². The lowest BCUT2D eigenvalue weighted by Gasteiger charge is -2.35. The quantitative estimate of drug-likeness (QED) is 0.142. The molecule has 0 bridgehead atoms. The molecule has 30 heavy (non-hydrogen) atoms. The van der Waals surface area contributed by atoms with Crippen molar-refractivity contribution in [3.63, 3.8) is 0 Å². The molecule has 174 valence electrons. The molecule has 0 aliphatic carbocycles. The average molecular weight is 431 g/mol. The van der Waals surface area contributed by atoms with Gasteiger partial charge in [0.05, 0.1) is 0 Å². The van der Waals surface area contributed by atoms with Gasteiger partial charge in [0.15, 0.2) is 17.4 Å². The maximum Gasteiger partial charge on any atom is 0.167 e. The Hall–Kier alpha value is -1.07. The standard InChI is InChI=1S/C25H41F3O2/c1-5-6-7-8-9-13-16-21(25(2,29-3)30-4)17-14-11-10-12-15-20-18-23(27)24(28)19-22(20)26/h18-19,21H,5-17H2,1-4H3. The Morgan fingerprint density at radius 3 is 1.80 bits per heavy atom. The van der Waals surface area contributed by atoms with Gasteiger partial charge < -0.3 is 9.47 Å². The van der Waals surface area contributed by atoms with Gasteiger partial charge >= 0.3 is 0 Å². The van der Waals surface area contributed by atoms with Crippen LogP contribution < -0.4 is 0 Å². The van der Waals surface area contributed by atoms with E-state index in [1.807, 2.05) is 6.92 Å². The van der Waals surface area contributed by atoms with Crippen LogP contribution in [-0.4, -0.2) is 20.0 Å². The first-order chi connectivity index (χ1) is 14.4. The van der Waals surface area contributed by atoms with Gasteiger partial charge in [-0.1, -0.05) is 64.7 Å². The molecule has 1 unspecified atom stereocenters. The largest absolute Gasteiger partial charge is 0.353 e. The van der Waals surface area contributed by atoms with Crippen LogP contribution in [-0.2, 0) is 15.9 Å². The van der Waals surface area contributed by atoms with Crippen molar-refractivity contribution >= 4 is 0 Å². The normalized spacial score (nSPS) is 13.0. The van der Waals surface area contributed by atoms with Crippen molar-refractivity contribution in [2.45, 2.75) is 103 Å². The van der Waals surface area contributed by atoms with E-state index >= 15 is 0 Å². The molecule has 1 atom stereocenters. The molecule has 0 fully saturated rings. The van der Waals surface area contributed by atoms with E-state index in [1.54, 1.807) is 14.2 Å². The van der Waals surface area contributed by atoms with Crippen LogP contribution in [0.2, 0.25) is 0 Å². The molecule has 1 aromatic rings. The highest BCUT2D eigenvalue weighted by Gasteiger charge is 2.33.